The van der Waals surface area contributed by atoms with Crippen molar-refractivity contribution in [3.8, 4) is 0 Å². The third kappa shape index (κ3) is 0.919. The molecule has 16 heavy (non-hydrogen) atoms. The standard InChI is InChI=1S/C12H7N3S/c1-2-7-4-14-12-10(8(7)3-1)11-9(16-12)5-13-6-15-11/h1-6H,(H,13,15). The molecule has 0 aliphatic heterocycles. The normalized spacial score (nSPS) is 11.8. The molecule has 1 N–H and O–H groups in total. The van der Waals surface area contributed by atoms with E-state index in [1.165, 1.54) is 16.2 Å². The smallest absolute Gasteiger partial charge is 0.126 e. The Morgan fingerprint density at radius 2 is 2.19 bits per heavy atom. The molecule has 0 saturated carbocycles. The second kappa shape index (κ2) is 2.80. The SMILES string of the molecule is c1cc2cnc3sc4cnc[nH]c4c3c2c1. The Balaban J connectivity index is 2.42. The van der Waals surface area contributed by atoms with E-state index in [9.17, 15) is 0 Å². The minimum Gasteiger partial charge on any atom is -0.345 e. The van der Waals surface area contributed by atoms with Crippen LogP contribution in [0.1, 0.15) is 0 Å². The first-order valence-electron chi connectivity index (χ1n) is 5.02. The van der Waals surface area contributed by atoms with Crippen molar-refractivity contribution in [3.05, 3.63) is 36.9 Å². The van der Waals surface area contributed by atoms with Gasteiger partial charge in [-0.05, 0) is 5.39 Å². The molecule has 0 saturated heterocycles. The Labute approximate surface area is 94.8 Å². The largest absolute Gasteiger partial charge is 0.345 e. The van der Waals surface area contributed by atoms with Crippen molar-refractivity contribution in [1.82, 2.24) is 15.0 Å². The van der Waals surface area contributed by atoms with Crippen molar-refractivity contribution >= 4 is 42.5 Å². The van der Waals surface area contributed by atoms with Gasteiger partial charge in [0.05, 0.1) is 16.5 Å². The lowest BCUT2D eigenvalue weighted by Gasteiger charge is -1.93. The second-order valence-corrected chi connectivity index (χ2v) is 4.76. The molecule has 4 aromatic rings. The lowest BCUT2D eigenvalue weighted by Crippen LogP contribution is -1.77. The summed E-state index contributed by atoms with van der Waals surface area (Å²) in [6.45, 7) is 0. The van der Waals surface area contributed by atoms with E-state index >= 15 is 0 Å². The predicted octanol–water partition coefficient (Wildman–Crippen LogP) is 3.33. The summed E-state index contributed by atoms with van der Waals surface area (Å²) in [5, 5.41) is 3.67. The molecule has 0 bridgehead atoms. The molecule has 3 aromatic heterocycles. The van der Waals surface area contributed by atoms with Gasteiger partial charge in [-0.1, -0.05) is 18.2 Å². The van der Waals surface area contributed by atoms with Crippen LogP contribution in [0.5, 0.6) is 0 Å². The molecular weight excluding hydrogens is 218 g/mol. The van der Waals surface area contributed by atoms with Crippen LogP contribution >= 0.6 is 11.3 Å². The number of nitrogens with zero attached hydrogens (tertiary/aromatic N) is 2. The summed E-state index contributed by atoms with van der Waals surface area (Å²) in [6.07, 6.45) is 5.53. The molecule has 0 unspecified atom stereocenters. The van der Waals surface area contributed by atoms with Gasteiger partial charge in [0.15, 0.2) is 0 Å². The minimum atomic E-state index is 1.07. The zero-order valence-electron chi connectivity index (χ0n) is 8.27. The molecular formula is C12H7N3S. The van der Waals surface area contributed by atoms with Gasteiger partial charge in [0.25, 0.3) is 0 Å². The Bertz CT molecular complexity index is 813. The van der Waals surface area contributed by atoms with Crippen LogP contribution < -0.4 is 0 Å². The van der Waals surface area contributed by atoms with Crippen LogP contribution in [-0.4, -0.2) is 15.0 Å². The first-order chi connectivity index (χ1) is 7.93. The minimum absolute atomic E-state index is 1.07. The first kappa shape index (κ1) is 8.24. The number of thiophene rings is 1. The van der Waals surface area contributed by atoms with Crippen LogP contribution in [0.4, 0.5) is 0 Å². The molecule has 1 aromatic carbocycles. The number of hydrogen-bond donors (Lipinski definition) is 1. The molecule has 4 rings (SSSR count). The van der Waals surface area contributed by atoms with Gasteiger partial charge in [0, 0.05) is 23.2 Å². The molecule has 0 radical (unpaired) electrons. The van der Waals surface area contributed by atoms with Gasteiger partial charge >= 0.3 is 0 Å². The first-order valence-corrected chi connectivity index (χ1v) is 5.83. The van der Waals surface area contributed by atoms with Crippen LogP contribution in [0.15, 0.2) is 36.9 Å². The third-order valence-corrected chi connectivity index (χ3v) is 3.86. The fraction of sp³-hybridized carbons (Fsp3) is 0. The van der Waals surface area contributed by atoms with E-state index in [1.54, 1.807) is 17.7 Å². The van der Waals surface area contributed by atoms with E-state index in [-0.39, 0.29) is 0 Å². The molecule has 0 aliphatic rings. The molecule has 76 valence electrons. The fourth-order valence-electron chi connectivity index (χ4n) is 2.12. The second-order valence-electron chi connectivity index (χ2n) is 3.73. The highest BCUT2D eigenvalue weighted by atomic mass is 32.1. The van der Waals surface area contributed by atoms with Gasteiger partial charge in [-0.3, -0.25) is 0 Å². The van der Waals surface area contributed by atoms with Gasteiger partial charge in [0.1, 0.15) is 4.83 Å². The Kier molecular flexibility index (Phi) is 1.44. The van der Waals surface area contributed by atoms with E-state index in [0.717, 1.165) is 15.0 Å². The number of H-pyrrole nitrogens is 1. The number of pyridine rings is 1. The highest BCUT2D eigenvalue weighted by Crippen LogP contribution is 2.35. The summed E-state index contributed by atoms with van der Waals surface area (Å²) in [4.78, 5) is 12.9. The number of fused-ring (bicyclic) bond motifs is 5. The van der Waals surface area contributed by atoms with E-state index in [4.69, 9.17) is 0 Å². The lowest BCUT2D eigenvalue weighted by atomic mass is 10.2. The summed E-state index contributed by atoms with van der Waals surface area (Å²) in [5.41, 5.74) is 1.14. The maximum Gasteiger partial charge on any atom is 0.126 e. The summed E-state index contributed by atoms with van der Waals surface area (Å²) in [5.74, 6) is 0. The molecule has 3 heterocycles. The van der Waals surface area contributed by atoms with Crippen LogP contribution in [0, 0.1) is 0 Å². The van der Waals surface area contributed by atoms with Crippen molar-refractivity contribution in [3.63, 3.8) is 0 Å². The highest BCUT2D eigenvalue weighted by molar-refractivity contribution is 7.25. The van der Waals surface area contributed by atoms with Crippen molar-refractivity contribution in [2.75, 3.05) is 0 Å². The molecule has 0 atom stereocenters. The van der Waals surface area contributed by atoms with Crippen LogP contribution in [0.3, 0.4) is 0 Å². The summed E-state index contributed by atoms with van der Waals surface area (Å²) < 4.78 is 1.15. The molecule has 0 aliphatic carbocycles. The molecule has 0 amide bonds. The van der Waals surface area contributed by atoms with Gasteiger partial charge in [0.2, 0.25) is 0 Å². The summed E-state index contributed by atoms with van der Waals surface area (Å²) in [6, 6.07) is 6.29. The zero-order valence-corrected chi connectivity index (χ0v) is 9.08. The van der Waals surface area contributed by atoms with Crippen molar-refractivity contribution in [2.24, 2.45) is 0 Å². The van der Waals surface area contributed by atoms with Gasteiger partial charge < -0.3 is 4.98 Å². The lowest BCUT2D eigenvalue weighted by molar-refractivity contribution is 1.23. The van der Waals surface area contributed by atoms with E-state index < -0.39 is 0 Å². The van der Waals surface area contributed by atoms with Crippen molar-refractivity contribution < 1.29 is 0 Å². The Morgan fingerprint density at radius 1 is 1.19 bits per heavy atom. The van der Waals surface area contributed by atoms with Crippen LogP contribution in [-0.2, 0) is 0 Å². The van der Waals surface area contributed by atoms with E-state index in [0.29, 0.717) is 0 Å². The number of aromatic amines is 1. The van der Waals surface area contributed by atoms with Crippen molar-refractivity contribution in [2.45, 2.75) is 0 Å². The van der Waals surface area contributed by atoms with E-state index in [1.807, 2.05) is 12.4 Å². The van der Waals surface area contributed by atoms with Gasteiger partial charge in [-0.25, -0.2) is 9.97 Å². The van der Waals surface area contributed by atoms with Crippen LogP contribution in [0.25, 0.3) is 31.2 Å². The maximum atomic E-state index is 4.49. The number of hydrogen-bond acceptors (Lipinski definition) is 3. The van der Waals surface area contributed by atoms with Gasteiger partial charge in [-0.2, -0.15) is 0 Å². The maximum absolute atomic E-state index is 4.49. The predicted molar refractivity (Wildman–Crippen MR) is 66.8 cm³/mol. The quantitative estimate of drug-likeness (QED) is 0.498. The zero-order chi connectivity index (χ0) is 10.5. The highest BCUT2D eigenvalue weighted by Gasteiger charge is 2.09. The number of nitrogens with one attached hydrogen (secondary N) is 1. The van der Waals surface area contributed by atoms with Gasteiger partial charge in [-0.15, -0.1) is 11.3 Å². The number of rotatable bonds is 0. The van der Waals surface area contributed by atoms with Crippen LogP contribution in [0.2, 0.25) is 0 Å². The molecule has 0 spiro atoms. The van der Waals surface area contributed by atoms with E-state index in [2.05, 4.69) is 33.2 Å². The third-order valence-electron chi connectivity index (χ3n) is 2.83. The molecule has 0 fully saturated rings. The average Bonchev–Trinajstić information content (AvgIpc) is 2.91. The van der Waals surface area contributed by atoms with Crippen molar-refractivity contribution in [1.29, 1.82) is 0 Å². The summed E-state index contributed by atoms with van der Waals surface area (Å²) in [7, 11) is 0. The summed E-state index contributed by atoms with van der Waals surface area (Å²) >= 11 is 1.68. The molecule has 3 nitrogen and oxygen atoms in total. The Hall–Kier alpha value is -1.94. The average molecular weight is 225 g/mol. The fourth-order valence-corrected chi connectivity index (χ4v) is 3.12. The Morgan fingerprint density at radius 3 is 3.19 bits per heavy atom. The topological polar surface area (TPSA) is 41.6 Å². The number of aromatic nitrogens is 3. The molecule has 4 heteroatoms. The monoisotopic (exact) mass is 225 g/mol.